The Morgan fingerprint density at radius 3 is 2.21 bits per heavy atom. The predicted molar refractivity (Wildman–Crippen MR) is 101 cm³/mol. The minimum Gasteiger partial charge on any atom is -0.324 e. The molecule has 0 saturated carbocycles. The molecule has 2 N–H and O–H groups in total. The quantitative estimate of drug-likeness (QED) is 0.668. The number of carbonyl (C=O) groups is 1. The number of hydrogen-bond donors (Lipinski definition) is 2. The van der Waals surface area contributed by atoms with E-state index in [0.717, 1.165) is 12.1 Å². The number of carbonyl (C=O) groups excluding carboxylic acids is 1. The van der Waals surface area contributed by atoms with Gasteiger partial charge in [-0.15, -0.1) is 0 Å². The summed E-state index contributed by atoms with van der Waals surface area (Å²) in [7, 11) is 0. The lowest BCUT2D eigenvalue weighted by Crippen LogP contribution is -2.15. The largest absolute Gasteiger partial charge is 0.416 e. The second-order valence-corrected chi connectivity index (χ2v) is 6.06. The Balaban J connectivity index is 1.76. The number of rotatable bonds is 4. The second-order valence-electron chi connectivity index (χ2n) is 6.06. The minimum absolute atomic E-state index is 0.0785. The van der Waals surface area contributed by atoms with Crippen LogP contribution >= 0.6 is 0 Å². The van der Waals surface area contributed by atoms with E-state index in [-0.39, 0.29) is 11.6 Å². The summed E-state index contributed by atoms with van der Waals surface area (Å²) in [6.45, 7) is 1.66. The van der Waals surface area contributed by atoms with Gasteiger partial charge >= 0.3 is 6.18 Å². The van der Waals surface area contributed by atoms with E-state index < -0.39 is 17.6 Å². The summed E-state index contributed by atoms with van der Waals surface area (Å²) in [6.07, 6.45) is -4.42. The third kappa shape index (κ3) is 5.07. The van der Waals surface area contributed by atoms with E-state index in [1.54, 1.807) is 31.2 Å². The number of aryl methyl sites for hydroxylation is 1. The van der Waals surface area contributed by atoms with E-state index in [2.05, 4.69) is 20.6 Å². The molecule has 1 heterocycles. The van der Waals surface area contributed by atoms with Crippen LogP contribution in [0.4, 0.5) is 30.5 Å². The van der Waals surface area contributed by atoms with Crippen LogP contribution in [0, 0.1) is 18.3 Å². The maximum atomic E-state index is 12.7. The van der Waals surface area contributed by atoms with E-state index in [1.165, 1.54) is 18.2 Å². The first kappa shape index (κ1) is 19.8. The van der Waals surface area contributed by atoms with Crippen molar-refractivity contribution in [2.45, 2.75) is 13.1 Å². The van der Waals surface area contributed by atoms with Crippen LogP contribution in [0.15, 0.2) is 54.6 Å². The van der Waals surface area contributed by atoms with Gasteiger partial charge in [0.1, 0.15) is 5.69 Å². The smallest absolute Gasteiger partial charge is 0.324 e. The van der Waals surface area contributed by atoms with Crippen molar-refractivity contribution in [3.05, 3.63) is 77.1 Å². The number of aromatic nitrogens is 2. The molecule has 0 spiro atoms. The summed E-state index contributed by atoms with van der Waals surface area (Å²) >= 11 is 0. The standard InChI is InChI=1S/C20H14F3N5O/c1-12-10-17(18(29)26-15-6-2-13(11-24)3-7-15)28-19(25-12)27-16-8-4-14(5-9-16)20(21,22)23/h2-10H,1H3,(H,26,29)(H,25,27,28). The first-order valence-corrected chi connectivity index (χ1v) is 8.36. The molecular weight excluding hydrogens is 383 g/mol. The summed E-state index contributed by atoms with van der Waals surface area (Å²) < 4.78 is 38.0. The Morgan fingerprint density at radius 2 is 1.62 bits per heavy atom. The highest BCUT2D eigenvalue weighted by Gasteiger charge is 2.29. The summed E-state index contributed by atoms with van der Waals surface area (Å²) in [5.41, 5.74) is 1.11. The molecule has 0 aliphatic carbocycles. The number of amides is 1. The molecule has 0 fully saturated rings. The number of halogens is 3. The Morgan fingerprint density at radius 1 is 1.00 bits per heavy atom. The maximum absolute atomic E-state index is 12.7. The van der Waals surface area contributed by atoms with Gasteiger partial charge in [-0.3, -0.25) is 4.79 Å². The van der Waals surface area contributed by atoms with Gasteiger partial charge in [0.2, 0.25) is 5.95 Å². The fraction of sp³-hybridized carbons (Fsp3) is 0.100. The molecule has 0 aliphatic heterocycles. The molecule has 0 saturated heterocycles. The minimum atomic E-state index is -4.42. The molecular formula is C20H14F3N5O. The molecule has 0 aliphatic rings. The van der Waals surface area contributed by atoms with Crippen molar-refractivity contribution in [1.82, 2.24) is 9.97 Å². The van der Waals surface area contributed by atoms with Gasteiger partial charge in [0.15, 0.2) is 0 Å². The average Bonchev–Trinajstić information content (AvgIpc) is 2.68. The highest BCUT2D eigenvalue weighted by atomic mass is 19.4. The van der Waals surface area contributed by atoms with Crippen LogP contribution in [-0.2, 0) is 6.18 Å². The molecule has 9 heteroatoms. The Labute approximate surface area is 164 Å². The van der Waals surface area contributed by atoms with Gasteiger partial charge in [-0.25, -0.2) is 9.97 Å². The van der Waals surface area contributed by atoms with Crippen molar-refractivity contribution in [2.24, 2.45) is 0 Å². The lowest BCUT2D eigenvalue weighted by atomic mass is 10.2. The Hall–Kier alpha value is -3.93. The van der Waals surface area contributed by atoms with Crippen LogP contribution in [0.2, 0.25) is 0 Å². The molecule has 2 aromatic carbocycles. The average molecular weight is 397 g/mol. The van der Waals surface area contributed by atoms with Crippen LogP contribution in [0.1, 0.15) is 27.3 Å². The predicted octanol–water partition coefficient (Wildman–Crippen LogP) is 4.67. The normalized spacial score (nSPS) is 10.9. The highest BCUT2D eigenvalue weighted by Crippen LogP contribution is 2.30. The fourth-order valence-corrected chi connectivity index (χ4v) is 2.44. The van der Waals surface area contributed by atoms with E-state index in [9.17, 15) is 18.0 Å². The molecule has 3 aromatic rings. The topological polar surface area (TPSA) is 90.7 Å². The molecule has 0 atom stereocenters. The molecule has 29 heavy (non-hydrogen) atoms. The van der Waals surface area contributed by atoms with Crippen LogP contribution in [0.5, 0.6) is 0 Å². The molecule has 1 amide bonds. The molecule has 3 rings (SSSR count). The SMILES string of the molecule is Cc1cc(C(=O)Nc2ccc(C#N)cc2)nc(Nc2ccc(C(F)(F)F)cc2)n1. The van der Waals surface area contributed by atoms with Crippen LogP contribution in [0.25, 0.3) is 0 Å². The van der Waals surface area contributed by atoms with E-state index >= 15 is 0 Å². The second kappa shape index (κ2) is 7.98. The van der Waals surface area contributed by atoms with Crippen molar-refractivity contribution in [3.63, 3.8) is 0 Å². The van der Waals surface area contributed by atoms with Gasteiger partial charge in [-0.1, -0.05) is 0 Å². The van der Waals surface area contributed by atoms with Gasteiger partial charge in [0, 0.05) is 17.1 Å². The van der Waals surface area contributed by atoms with Crippen LogP contribution in [-0.4, -0.2) is 15.9 Å². The van der Waals surface area contributed by atoms with Crippen molar-refractivity contribution in [2.75, 3.05) is 10.6 Å². The first-order valence-electron chi connectivity index (χ1n) is 8.36. The number of benzene rings is 2. The fourth-order valence-electron chi connectivity index (χ4n) is 2.44. The van der Waals surface area contributed by atoms with E-state index in [0.29, 0.717) is 22.6 Å². The Kier molecular flexibility index (Phi) is 5.45. The third-order valence-electron chi connectivity index (χ3n) is 3.83. The van der Waals surface area contributed by atoms with Crippen molar-refractivity contribution < 1.29 is 18.0 Å². The lowest BCUT2D eigenvalue weighted by molar-refractivity contribution is -0.137. The molecule has 6 nitrogen and oxygen atoms in total. The van der Waals surface area contributed by atoms with E-state index in [1.807, 2.05) is 6.07 Å². The van der Waals surface area contributed by atoms with E-state index in [4.69, 9.17) is 5.26 Å². The Bertz CT molecular complexity index is 1070. The van der Waals surface area contributed by atoms with Crippen molar-refractivity contribution >= 4 is 23.2 Å². The summed E-state index contributed by atoms with van der Waals surface area (Å²) in [6, 6.07) is 14.2. The first-order chi connectivity index (χ1) is 13.7. The lowest BCUT2D eigenvalue weighted by Gasteiger charge is -2.10. The van der Waals surface area contributed by atoms with Gasteiger partial charge in [-0.05, 0) is 61.5 Å². The monoisotopic (exact) mass is 397 g/mol. The summed E-state index contributed by atoms with van der Waals surface area (Å²) in [5.74, 6) is -0.412. The maximum Gasteiger partial charge on any atom is 0.416 e. The van der Waals surface area contributed by atoms with Gasteiger partial charge in [-0.2, -0.15) is 18.4 Å². The highest BCUT2D eigenvalue weighted by molar-refractivity contribution is 6.03. The molecule has 0 bridgehead atoms. The molecule has 0 unspecified atom stereocenters. The zero-order valence-corrected chi connectivity index (χ0v) is 15.1. The van der Waals surface area contributed by atoms with Gasteiger partial charge in [0.05, 0.1) is 17.2 Å². The summed E-state index contributed by atoms with van der Waals surface area (Å²) in [4.78, 5) is 20.7. The number of anilines is 3. The van der Waals surface area contributed by atoms with Crippen molar-refractivity contribution in [1.29, 1.82) is 5.26 Å². The van der Waals surface area contributed by atoms with Crippen molar-refractivity contribution in [3.8, 4) is 6.07 Å². The molecule has 0 radical (unpaired) electrons. The van der Waals surface area contributed by atoms with Gasteiger partial charge < -0.3 is 10.6 Å². The third-order valence-corrected chi connectivity index (χ3v) is 3.83. The van der Waals surface area contributed by atoms with Crippen LogP contribution in [0.3, 0.4) is 0 Å². The number of nitrogens with zero attached hydrogens (tertiary/aromatic N) is 3. The molecule has 146 valence electrons. The number of alkyl halides is 3. The number of nitrogens with one attached hydrogen (secondary N) is 2. The van der Waals surface area contributed by atoms with Crippen LogP contribution < -0.4 is 10.6 Å². The van der Waals surface area contributed by atoms with Gasteiger partial charge in [0.25, 0.3) is 5.91 Å². The zero-order chi connectivity index (χ0) is 21.0. The number of nitriles is 1. The zero-order valence-electron chi connectivity index (χ0n) is 15.1. The summed E-state index contributed by atoms with van der Waals surface area (Å²) in [5, 5.41) is 14.3. The molecule has 1 aromatic heterocycles. The number of hydrogen-bond acceptors (Lipinski definition) is 5.